The summed E-state index contributed by atoms with van der Waals surface area (Å²) in [6, 6.07) is 0. The molecule has 1 aromatic heterocycles. The summed E-state index contributed by atoms with van der Waals surface area (Å²) >= 11 is 0. The average molecular weight is 206 g/mol. The fourth-order valence-corrected chi connectivity index (χ4v) is 2.36. The minimum absolute atomic E-state index is 0.0774. The summed E-state index contributed by atoms with van der Waals surface area (Å²) in [5.74, 6) is 1.24. The van der Waals surface area contributed by atoms with Gasteiger partial charge in [-0.1, -0.05) is 19.8 Å². The summed E-state index contributed by atoms with van der Waals surface area (Å²) in [5, 5.41) is 0. The highest BCUT2D eigenvalue weighted by molar-refractivity contribution is 5.86. The van der Waals surface area contributed by atoms with Gasteiger partial charge in [0.2, 0.25) is 0 Å². The highest BCUT2D eigenvalue weighted by Crippen LogP contribution is 2.38. The Labute approximate surface area is 90.5 Å². The SMILES string of the molecule is Cn1ccnc1CC(=O)C1(C)CCCC1. The van der Waals surface area contributed by atoms with Crippen LogP contribution in [0.5, 0.6) is 0 Å². The summed E-state index contributed by atoms with van der Waals surface area (Å²) in [6.07, 6.45) is 8.62. The number of rotatable bonds is 3. The van der Waals surface area contributed by atoms with E-state index in [0.29, 0.717) is 12.2 Å². The minimum atomic E-state index is -0.0774. The summed E-state index contributed by atoms with van der Waals surface area (Å²) in [7, 11) is 1.94. The van der Waals surface area contributed by atoms with Gasteiger partial charge in [-0.05, 0) is 12.8 Å². The smallest absolute Gasteiger partial charge is 0.146 e. The standard InChI is InChI=1S/C12H18N2O/c1-12(5-3-4-6-12)10(15)9-11-13-7-8-14(11)2/h7-8H,3-6,9H2,1-2H3. The molecule has 1 saturated carbocycles. The summed E-state index contributed by atoms with van der Waals surface area (Å²) in [4.78, 5) is 16.3. The van der Waals surface area contributed by atoms with E-state index in [9.17, 15) is 4.79 Å². The van der Waals surface area contributed by atoms with Crippen LogP contribution in [0.4, 0.5) is 0 Å². The Hall–Kier alpha value is -1.12. The molecule has 1 aliphatic rings. The van der Waals surface area contributed by atoms with Crippen molar-refractivity contribution in [1.29, 1.82) is 0 Å². The lowest BCUT2D eigenvalue weighted by Crippen LogP contribution is -2.26. The molecule has 0 spiro atoms. The van der Waals surface area contributed by atoms with Crippen molar-refractivity contribution in [2.24, 2.45) is 12.5 Å². The van der Waals surface area contributed by atoms with E-state index in [1.165, 1.54) is 12.8 Å². The molecular weight excluding hydrogens is 188 g/mol. The Morgan fingerprint density at radius 2 is 2.20 bits per heavy atom. The summed E-state index contributed by atoms with van der Waals surface area (Å²) in [6.45, 7) is 2.10. The van der Waals surface area contributed by atoms with Gasteiger partial charge < -0.3 is 4.57 Å². The molecule has 0 unspecified atom stereocenters. The molecule has 0 aromatic carbocycles. The van der Waals surface area contributed by atoms with Gasteiger partial charge in [0.05, 0.1) is 6.42 Å². The molecule has 0 atom stereocenters. The number of ketones is 1. The van der Waals surface area contributed by atoms with Gasteiger partial charge >= 0.3 is 0 Å². The number of hydrogen-bond acceptors (Lipinski definition) is 2. The number of hydrogen-bond donors (Lipinski definition) is 0. The molecule has 0 radical (unpaired) electrons. The van der Waals surface area contributed by atoms with E-state index in [1.807, 2.05) is 17.8 Å². The van der Waals surface area contributed by atoms with Crippen LogP contribution in [0.25, 0.3) is 0 Å². The van der Waals surface area contributed by atoms with Gasteiger partial charge in [-0.25, -0.2) is 4.98 Å². The highest BCUT2D eigenvalue weighted by Gasteiger charge is 2.36. The second-order valence-corrected chi connectivity index (χ2v) is 4.82. The van der Waals surface area contributed by atoms with E-state index in [-0.39, 0.29) is 5.41 Å². The number of imidazole rings is 1. The van der Waals surface area contributed by atoms with Crippen LogP contribution >= 0.6 is 0 Å². The normalized spacial score (nSPS) is 19.3. The molecule has 82 valence electrons. The molecule has 3 nitrogen and oxygen atoms in total. The van der Waals surface area contributed by atoms with Crippen LogP contribution < -0.4 is 0 Å². The number of aryl methyl sites for hydroxylation is 1. The second kappa shape index (κ2) is 3.80. The van der Waals surface area contributed by atoms with Crippen LogP contribution in [0.15, 0.2) is 12.4 Å². The maximum absolute atomic E-state index is 12.1. The van der Waals surface area contributed by atoms with E-state index >= 15 is 0 Å². The molecule has 1 fully saturated rings. The third-order valence-corrected chi connectivity index (χ3v) is 3.62. The number of aromatic nitrogens is 2. The third-order valence-electron chi connectivity index (χ3n) is 3.62. The van der Waals surface area contributed by atoms with Gasteiger partial charge in [-0.2, -0.15) is 0 Å². The largest absolute Gasteiger partial charge is 0.338 e. The van der Waals surface area contributed by atoms with E-state index < -0.39 is 0 Å². The molecule has 0 amide bonds. The summed E-state index contributed by atoms with van der Waals surface area (Å²) < 4.78 is 1.93. The minimum Gasteiger partial charge on any atom is -0.338 e. The fraction of sp³-hybridized carbons (Fsp3) is 0.667. The van der Waals surface area contributed by atoms with Gasteiger partial charge in [0.1, 0.15) is 11.6 Å². The zero-order valence-electron chi connectivity index (χ0n) is 9.49. The van der Waals surface area contributed by atoms with Crippen LogP contribution in [-0.4, -0.2) is 15.3 Å². The summed E-state index contributed by atoms with van der Waals surface area (Å²) in [5.41, 5.74) is -0.0774. The average Bonchev–Trinajstić information content (AvgIpc) is 2.78. The highest BCUT2D eigenvalue weighted by atomic mass is 16.1. The Kier molecular flexibility index (Phi) is 2.63. The van der Waals surface area contributed by atoms with Crippen LogP contribution in [0, 0.1) is 5.41 Å². The molecule has 1 aromatic rings. The number of carbonyl (C=O) groups excluding carboxylic acids is 1. The predicted molar refractivity (Wildman–Crippen MR) is 58.5 cm³/mol. The Balaban J connectivity index is 2.07. The monoisotopic (exact) mass is 206 g/mol. The lowest BCUT2D eigenvalue weighted by atomic mass is 9.82. The predicted octanol–water partition coefficient (Wildman–Crippen LogP) is 2.11. The zero-order valence-corrected chi connectivity index (χ0v) is 9.49. The maximum atomic E-state index is 12.1. The molecule has 0 N–H and O–H groups in total. The van der Waals surface area contributed by atoms with Crippen molar-refractivity contribution in [3.05, 3.63) is 18.2 Å². The first-order chi connectivity index (χ1) is 7.12. The van der Waals surface area contributed by atoms with Crippen molar-refractivity contribution in [2.45, 2.75) is 39.0 Å². The van der Waals surface area contributed by atoms with Gasteiger partial charge in [0.15, 0.2) is 0 Å². The van der Waals surface area contributed by atoms with Crippen LogP contribution in [0.1, 0.15) is 38.4 Å². The van der Waals surface area contributed by atoms with E-state index in [2.05, 4.69) is 11.9 Å². The first-order valence-corrected chi connectivity index (χ1v) is 5.61. The van der Waals surface area contributed by atoms with Crippen molar-refractivity contribution in [3.63, 3.8) is 0 Å². The first kappa shape index (κ1) is 10.4. The van der Waals surface area contributed by atoms with E-state index in [1.54, 1.807) is 6.20 Å². The van der Waals surface area contributed by atoms with Gasteiger partial charge in [0.25, 0.3) is 0 Å². The lowest BCUT2D eigenvalue weighted by Gasteiger charge is -2.21. The quantitative estimate of drug-likeness (QED) is 0.759. The van der Waals surface area contributed by atoms with E-state index in [0.717, 1.165) is 18.7 Å². The van der Waals surface area contributed by atoms with Crippen molar-refractivity contribution < 1.29 is 4.79 Å². The molecule has 2 rings (SSSR count). The van der Waals surface area contributed by atoms with E-state index in [4.69, 9.17) is 0 Å². The maximum Gasteiger partial charge on any atom is 0.146 e. The van der Waals surface area contributed by atoms with Gasteiger partial charge in [-0.3, -0.25) is 4.79 Å². The van der Waals surface area contributed by atoms with Crippen LogP contribution in [-0.2, 0) is 18.3 Å². The van der Waals surface area contributed by atoms with Crippen LogP contribution in [0.2, 0.25) is 0 Å². The molecule has 3 heteroatoms. The fourth-order valence-electron chi connectivity index (χ4n) is 2.36. The topological polar surface area (TPSA) is 34.9 Å². The second-order valence-electron chi connectivity index (χ2n) is 4.82. The van der Waals surface area contributed by atoms with Gasteiger partial charge in [0, 0.05) is 24.9 Å². The van der Waals surface area contributed by atoms with Crippen molar-refractivity contribution >= 4 is 5.78 Å². The Morgan fingerprint density at radius 3 is 2.73 bits per heavy atom. The lowest BCUT2D eigenvalue weighted by molar-refractivity contribution is -0.127. The zero-order chi connectivity index (χ0) is 10.9. The number of Topliss-reactive ketones (excluding diaryl/α,β-unsaturated/α-hetero) is 1. The molecule has 1 aliphatic carbocycles. The van der Waals surface area contributed by atoms with Crippen LogP contribution in [0.3, 0.4) is 0 Å². The molecule has 1 heterocycles. The number of carbonyl (C=O) groups is 1. The third kappa shape index (κ3) is 1.96. The van der Waals surface area contributed by atoms with Crippen molar-refractivity contribution in [2.75, 3.05) is 0 Å². The van der Waals surface area contributed by atoms with Crippen molar-refractivity contribution in [3.8, 4) is 0 Å². The van der Waals surface area contributed by atoms with Gasteiger partial charge in [-0.15, -0.1) is 0 Å². The molecule has 15 heavy (non-hydrogen) atoms. The molecule has 0 saturated heterocycles. The Morgan fingerprint density at radius 1 is 1.53 bits per heavy atom. The molecule has 0 aliphatic heterocycles. The molecular formula is C12H18N2O. The van der Waals surface area contributed by atoms with Crippen molar-refractivity contribution in [1.82, 2.24) is 9.55 Å². The number of nitrogens with zero attached hydrogens (tertiary/aromatic N) is 2. The Bertz CT molecular complexity index is 361. The first-order valence-electron chi connectivity index (χ1n) is 5.61. The molecule has 0 bridgehead atoms.